The second-order valence-electron chi connectivity index (χ2n) is 4.84. The van der Waals surface area contributed by atoms with E-state index in [2.05, 4.69) is 27.2 Å². The maximum Gasteiger partial charge on any atom is 0.141 e. The van der Waals surface area contributed by atoms with Crippen molar-refractivity contribution in [2.45, 2.75) is 6.92 Å². The van der Waals surface area contributed by atoms with Gasteiger partial charge in [0.15, 0.2) is 0 Å². The molecule has 1 aromatic carbocycles. The molecule has 0 bridgehead atoms. The number of anilines is 1. The molecule has 114 valence electrons. The molecule has 2 aromatic heterocycles. The Hall–Kier alpha value is -1.69. The van der Waals surface area contributed by atoms with Crippen LogP contribution in [-0.2, 0) is 0 Å². The van der Waals surface area contributed by atoms with E-state index in [4.69, 9.17) is 11.6 Å². The molecule has 1 N–H and O–H groups in total. The summed E-state index contributed by atoms with van der Waals surface area (Å²) in [6.07, 6.45) is 1.58. The van der Waals surface area contributed by atoms with Crippen LogP contribution in [0.1, 0.15) is 6.92 Å². The molecule has 0 aliphatic rings. The lowest BCUT2D eigenvalue weighted by Crippen LogP contribution is -2.27. The Labute approximate surface area is 138 Å². The summed E-state index contributed by atoms with van der Waals surface area (Å²) in [6.45, 7) is 3.48. The van der Waals surface area contributed by atoms with Crippen molar-refractivity contribution in [2.24, 2.45) is 0 Å². The van der Waals surface area contributed by atoms with Crippen LogP contribution in [0.5, 0.6) is 0 Å². The monoisotopic (exact) mass is 333 g/mol. The summed E-state index contributed by atoms with van der Waals surface area (Å²) in [6, 6.07) is 7.77. The number of nitrogens with zero attached hydrogens (tertiary/aromatic N) is 3. The highest BCUT2D eigenvalue weighted by atomic mass is 35.5. The predicted octanol–water partition coefficient (Wildman–Crippen LogP) is 3.83. The fourth-order valence-corrected chi connectivity index (χ4v) is 3.51. The zero-order chi connectivity index (χ0) is 15.5. The highest BCUT2D eigenvalue weighted by Gasteiger charge is 2.16. The van der Waals surface area contributed by atoms with E-state index in [9.17, 15) is 5.11 Å². The van der Waals surface area contributed by atoms with E-state index in [-0.39, 0.29) is 6.61 Å². The van der Waals surface area contributed by atoms with Gasteiger partial charge in [0.1, 0.15) is 17.0 Å². The first-order chi connectivity index (χ1) is 10.7. The fraction of sp³-hybridized carbons (Fsp3) is 0.250. The third-order valence-electron chi connectivity index (χ3n) is 3.56. The molecule has 3 rings (SSSR count). The molecule has 3 aromatic rings. The van der Waals surface area contributed by atoms with E-state index in [0.717, 1.165) is 38.7 Å². The molecule has 0 spiro atoms. The van der Waals surface area contributed by atoms with Crippen molar-refractivity contribution in [2.75, 3.05) is 24.6 Å². The van der Waals surface area contributed by atoms with Gasteiger partial charge in [-0.3, -0.25) is 0 Å². The Morgan fingerprint density at radius 3 is 2.68 bits per heavy atom. The number of aliphatic hydroxyl groups excluding tert-OH is 1. The summed E-state index contributed by atoms with van der Waals surface area (Å²) >= 11 is 7.58. The molecule has 0 aliphatic carbocycles. The van der Waals surface area contributed by atoms with Crippen LogP contribution in [0.4, 0.5) is 5.82 Å². The highest BCUT2D eigenvalue weighted by Crippen LogP contribution is 2.38. The van der Waals surface area contributed by atoms with E-state index in [1.54, 1.807) is 17.7 Å². The molecule has 0 fully saturated rings. The topological polar surface area (TPSA) is 49.2 Å². The number of likely N-dealkylation sites (N-methyl/N-ethyl adjacent to an activating group) is 1. The van der Waals surface area contributed by atoms with Crippen LogP contribution >= 0.6 is 22.9 Å². The third-order valence-corrected chi connectivity index (χ3v) is 4.69. The summed E-state index contributed by atoms with van der Waals surface area (Å²) in [5, 5.41) is 13.1. The molecule has 0 aliphatic heterocycles. The van der Waals surface area contributed by atoms with Crippen molar-refractivity contribution >= 4 is 39.0 Å². The molecule has 0 amide bonds. The Kier molecular flexibility index (Phi) is 4.57. The third kappa shape index (κ3) is 2.79. The number of aromatic nitrogens is 2. The number of fused-ring (bicyclic) bond motifs is 1. The fourth-order valence-electron chi connectivity index (χ4n) is 2.48. The normalized spacial score (nSPS) is 11.0. The van der Waals surface area contributed by atoms with Gasteiger partial charge in [-0.15, -0.1) is 11.3 Å². The quantitative estimate of drug-likeness (QED) is 0.771. The molecule has 0 saturated carbocycles. The van der Waals surface area contributed by atoms with E-state index in [0.29, 0.717) is 6.54 Å². The molecule has 4 nitrogen and oxygen atoms in total. The van der Waals surface area contributed by atoms with Gasteiger partial charge in [-0.25, -0.2) is 9.97 Å². The van der Waals surface area contributed by atoms with Crippen molar-refractivity contribution in [3.63, 3.8) is 0 Å². The van der Waals surface area contributed by atoms with Crippen LogP contribution in [0.3, 0.4) is 0 Å². The molecule has 0 saturated heterocycles. The summed E-state index contributed by atoms with van der Waals surface area (Å²) < 4.78 is 0. The lowest BCUT2D eigenvalue weighted by molar-refractivity contribution is 0.302. The second-order valence-corrected chi connectivity index (χ2v) is 6.13. The first-order valence-corrected chi connectivity index (χ1v) is 8.34. The van der Waals surface area contributed by atoms with E-state index >= 15 is 0 Å². The molecule has 0 unspecified atom stereocenters. The summed E-state index contributed by atoms with van der Waals surface area (Å²) in [5.74, 6) is 0.868. The number of benzene rings is 1. The Morgan fingerprint density at radius 2 is 2.00 bits per heavy atom. The standard InChI is InChI=1S/C16H16ClN3OS/c1-2-20(7-8-21)15-14-13(9-22-16(14)19-10-18-15)11-3-5-12(17)6-4-11/h3-6,9-10,21H,2,7-8H2,1H3. The van der Waals surface area contributed by atoms with Crippen LogP contribution in [0.15, 0.2) is 36.0 Å². The molecule has 0 radical (unpaired) electrons. The number of halogens is 1. The van der Waals surface area contributed by atoms with Gasteiger partial charge < -0.3 is 10.0 Å². The van der Waals surface area contributed by atoms with Crippen LogP contribution < -0.4 is 4.90 Å². The zero-order valence-electron chi connectivity index (χ0n) is 12.2. The van der Waals surface area contributed by atoms with Crippen LogP contribution in [-0.4, -0.2) is 34.8 Å². The number of hydrogen-bond acceptors (Lipinski definition) is 5. The van der Waals surface area contributed by atoms with Crippen molar-refractivity contribution in [1.29, 1.82) is 0 Å². The summed E-state index contributed by atoms with van der Waals surface area (Å²) in [7, 11) is 0. The molecule has 22 heavy (non-hydrogen) atoms. The maximum atomic E-state index is 9.27. The first kappa shape index (κ1) is 15.2. The average molecular weight is 334 g/mol. The Bertz CT molecular complexity index is 773. The van der Waals surface area contributed by atoms with Gasteiger partial charge in [0.2, 0.25) is 0 Å². The van der Waals surface area contributed by atoms with E-state index < -0.39 is 0 Å². The molecule has 0 atom stereocenters. The summed E-state index contributed by atoms with van der Waals surface area (Å²) in [5.41, 5.74) is 2.19. The second kappa shape index (κ2) is 6.60. The van der Waals surface area contributed by atoms with E-state index in [1.807, 2.05) is 24.3 Å². The number of aliphatic hydroxyl groups is 1. The minimum Gasteiger partial charge on any atom is -0.395 e. The van der Waals surface area contributed by atoms with Gasteiger partial charge in [0.25, 0.3) is 0 Å². The number of thiophene rings is 1. The van der Waals surface area contributed by atoms with Crippen molar-refractivity contribution in [1.82, 2.24) is 9.97 Å². The lowest BCUT2D eigenvalue weighted by Gasteiger charge is -2.21. The largest absolute Gasteiger partial charge is 0.395 e. The van der Waals surface area contributed by atoms with Crippen LogP contribution in [0.2, 0.25) is 5.02 Å². The van der Waals surface area contributed by atoms with Gasteiger partial charge in [0.05, 0.1) is 12.0 Å². The highest BCUT2D eigenvalue weighted by molar-refractivity contribution is 7.17. The smallest absolute Gasteiger partial charge is 0.141 e. The van der Waals surface area contributed by atoms with Gasteiger partial charge in [-0.2, -0.15) is 0 Å². The van der Waals surface area contributed by atoms with Crippen LogP contribution in [0.25, 0.3) is 21.3 Å². The predicted molar refractivity (Wildman–Crippen MR) is 92.8 cm³/mol. The maximum absolute atomic E-state index is 9.27. The minimum absolute atomic E-state index is 0.0970. The zero-order valence-corrected chi connectivity index (χ0v) is 13.7. The van der Waals surface area contributed by atoms with Crippen LogP contribution in [0, 0.1) is 0 Å². The van der Waals surface area contributed by atoms with E-state index in [1.165, 1.54) is 0 Å². The Balaban J connectivity index is 2.18. The van der Waals surface area contributed by atoms with Gasteiger partial charge in [-0.05, 0) is 24.6 Å². The van der Waals surface area contributed by atoms with Gasteiger partial charge >= 0.3 is 0 Å². The van der Waals surface area contributed by atoms with Crippen molar-refractivity contribution < 1.29 is 5.11 Å². The lowest BCUT2D eigenvalue weighted by atomic mass is 10.1. The number of hydrogen-bond donors (Lipinski definition) is 1. The average Bonchev–Trinajstić information content (AvgIpc) is 2.97. The molecular weight excluding hydrogens is 318 g/mol. The van der Waals surface area contributed by atoms with Crippen molar-refractivity contribution in [3.8, 4) is 11.1 Å². The minimum atomic E-state index is 0.0970. The molecule has 6 heteroatoms. The Morgan fingerprint density at radius 1 is 1.23 bits per heavy atom. The van der Waals surface area contributed by atoms with Gasteiger partial charge in [-0.1, -0.05) is 23.7 Å². The first-order valence-electron chi connectivity index (χ1n) is 7.08. The van der Waals surface area contributed by atoms with Crippen molar-refractivity contribution in [3.05, 3.63) is 41.0 Å². The summed E-state index contributed by atoms with van der Waals surface area (Å²) in [4.78, 5) is 11.8. The molecule has 2 heterocycles. The molecular formula is C16H16ClN3OS. The number of rotatable bonds is 5. The van der Waals surface area contributed by atoms with Gasteiger partial charge in [0, 0.05) is 29.1 Å². The SMILES string of the molecule is CCN(CCO)c1ncnc2scc(-c3ccc(Cl)cc3)c12.